The molecule has 2 heterocycles. The van der Waals surface area contributed by atoms with Crippen LogP contribution in [0.4, 0.5) is 0 Å². The highest BCUT2D eigenvalue weighted by Gasteiger charge is 2.33. The molecule has 23 heavy (non-hydrogen) atoms. The smallest absolute Gasteiger partial charge is 0.290 e. The van der Waals surface area contributed by atoms with Crippen LogP contribution in [0.25, 0.3) is 0 Å². The number of rotatable bonds is 4. The van der Waals surface area contributed by atoms with Crippen molar-refractivity contribution in [1.29, 1.82) is 0 Å². The van der Waals surface area contributed by atoms with Crippen LogP contribution in [0.3, 0.4) is 0 Å². The second-order valence-electron chi connectivity index (χ2n) is 6.28. The SMILES string of the molecule is CCCN(C(=O)c1oc2c(c1C)C(=O)CCC2)C1CCNC1.Cl. The van der Waals surface area contributed by atoms with Gasteiger partial charge in [-0.05, 0) is 32.7 Å². The third-order valence-electron chi connectivity index (χ3n) is 4.70. The lowest BCUT2D eigenvalue weighted by molar-refractivity contribution is 0.0656. The zero-order chi connectivity index (χ0) is 15.7. The van der Waals surface area contributed by atoms with Gasteiger partial charge in [-0.15, -0.1) is 12.4 Å². The normalized spacial score (nSPS) is 20.1. The monoisotopic (exact) mass is 340 g/mol. The van der Waals surface area contributed by atoms with Crippen molar-refractivity contribution in [2.24, 2.45) is 0 Å². The van der Waals surface area contributed by atoms with Gasteiger partial charge in [-0.3, -0.25) is 9.59 Å². The van der Waals surface area contributed by atoms with Crippen LogP contribution in [0.2, 0.25) is 0 Å². The summed E-state index contributed by atoms with van der Waals surface area (Å²) in [5, 5.41) is 3.31. The first-order valence-electron chi connectivity index (χ1n) is 8.30. The van der Waals surface area contributed by atoms with Crippen molar-refractivity contribution in [3.63, 3.8) is 0 Å². The maximum absolute atomic E-state index is 13.0. The molecular weight excluding hydrogens is 316 g/mol. The van der Waals surface area contributed by atoms with Crippen molar-refractivity contribution >= 4 is 24.1 Å². The van der Waals surface area contributed by atoms with E-state index in [1.807, 2.05) is 11.8 Å². The van der Waals surface area contributed by atoms with E-state index in [0.717, 1.165) is 50.9 Å². The van der Waals surface area contributed by atoms with Crippen molar-refractivity contribution in [3.8, 4) is 0 Å². The number of furan rings is 1. The van der Waals surface area contributed by atoms with Gasteiger partial charge in [0.25, 0.3) is 5.91 Å². The van der Waals surface area contributed by atoms with Gasteiger partial charge >= 0.3 is 0 Å². The summed E-state index contributed by atoms with van der Waals surface area (Å²) >= 11 is 0. The van der Waals surface area contributed by atoms with Gasteiger partial charge in [0.2, 0.25) is 0 Å². The molecule has 1 fully saturated rings. The average molecular weight is 341 g/mol. The Morgan fingerprint density at radius 1 is 1.39 bits per heavy atom. The van der Waals surface area contributed by atoms with Crippen LogP contribution in [-0.2, 0) is 6.42 Å². The Morgan fingerprint density at radius 3 is 2.78 bits per heavy atom. The molecule has 0 aromatic carbocycles. The summed E-state index contributed by atoms with van der Waals surface area (Å²) in [5.74, 6) is 1.14. The molecule has 128 valence electrons. The van der Waals surface area contributed by atoms with Crippen molar-refractivity contribution in [3.05, 3.63) is 22.6 Å². The molecule has 6 heteroatoms. The van der Waals surface area contributed by atoms with E-state index in [-0.39, 0.29) is 30.1 Å². The van der Waals surface area contributed by atoms with Crippen LogP contribution in [0, 0.1) is 6.92 Å². The van der Waals surface area contributed by atoms with E-state index in [9.17, 15) is 9.59 Å². The molecule has 1 atom stereocenters. The Morgan fingerprint density at radius 2 is 2.17 bits per heavy atom. The fourth-order valence-corrected chi connectivity index (χ4v) is 3.58. The Bertz CT molecular complexity index is 591. The summed E-state index contributed by atoms with van der Waals surface area (Å²) < 4.78 is 5.82. The topological polar surface area (TPSA) is 62.6 Å². The number of halogens is 1. The predicted octanol–water partition coefficient (Wildman–Crippen LogP) is 2.74. The standard InChI is InChI=1S/C17H24N2O3.ClH/c1-3-9-19(12-7-8-18-10-12)17(21)16-11(2)15-13(20)5-4-6-14(15)22-16;/h12,18H,3-10H2,1-2H3;1H. The van der Waals surface area contributed by atoms with E-state index < -0.39 is 0 Å². The van der Waals surface area contributed by atoms with Gasteiger partial charge in [-0.1, -0.05) is 6.92 Å². The largest absolute Gasteiger partial charge is 0.455 e. The highest BCUT2D eigenvalue weighted by atomic mass is 35.5. The molecule has 1 unspecified atom stereocenters. The van der Waals surface area contributed by atoms with Crippen LogP contribution in [0.1, 0.15) is 64.8 Å². The van der Waals surface area contributed by atoms with E-state index in [0.29, 0.717) is 23.5 Å². The number of Topliss-reactive ketones (excluding diaryl/α,β-unsaturated/α-hetero) is 1. The van der Waals surface area contributed by atoms with Crippen LogP contribution >= 0.6 is 12.4 Å². The molecule has 3 rings (SSSR count). The first-order chi connectivity index (χ1) is 10.6. The molecule has 2 aliphatic rings. The Labute approximate surface area is 143 Å². The fraction of sp³-hybridized carbons (Fsp3) is 0.647. The number of amides is 1. The number of hydrogen-bond acceptors (Lipinski definition) is 4. The number of hydrogen-bond donors (Lipinski definition) is 1. The average Bonchev–Trinajstić information content (AvgIpc) is 3.13. The summed E-state index contributed by atoms with van der Waals surface area (Å²) in [4.78, 5) is 27.0. The third-order valence-corrected chi connectivity index (χ3v) is 4.70. The van der Waals surface area contributed by atoms with Crippen molar-refractivity contribution in [1.82, 2.24) is 10.2 Å². The van der Waals surface area contributed by atoms with Crippen molar-refractivity contribution < 1.29 is 14.0 Å². The van der Waals surface area contributed by atoms with E-state index >= 15 is 0 Å². The molecule has 5 nitrogen and oxygen atoms in total. The molecule has 1 aromatic heterocycles. The number of aryl methyl sites for hydroxylation is 1. The summed E-state index contributed by atoms with van der Waals surface area (Å²) in [5.41, 5.74) is 1.40. The van der Waals surface area contributed by atoms with Gasteiger partial charge in [0.05, 0.1) is 5.56 Å². The molecule has 0 spiro atoms. The minimum Gasteiger partial charge on any atom is -0.455 e. The van der Waals surface area contributed by atoms with Crippen LogP contribution in [-0.4, -0.2) is 42.3 Å². The predicted molar refractivity (Wildman–Crippen MR) is 90.6 cm³/mol. The number of fused-ring (bicyclic) bond motifs is 1. The summed E-state index contributed by atoms with van der Waals surface area (Å²) in [6.07, 6.45) is 4.03. The fourth-order valence-electron chi connectivity index (χ4n) is 3.58. The number of nitrogens with one attached hydrogen (secondary N) is 1. The van der Waals surface area contributed by atoms with E-state index in [4.69, 9.17) is 4.42 Å². The highest BCUT2D eigenvalue weighted by Crippen LogP contribution is 2.30. The molecule has 1 aromatic rings. The molecule has 1 N–H and O–H groups in total. The van der Waals surface area contributed by atoms with Gasteiger partial charge in [0.15, 0.2) is 11.5 Å². The van der Waals surface area contributed by atoms with Crippen LogP contribution in [0.5, 0.6) is 0 Å². The third kappa shape index (κ3) is 3.31. The summed E-state index contributed by atoms with van der Waals surface area (Å²) in [6.45, 7) is 6.43. The van der Waals surface area contributed by atoms with Gasteiger partial charge < -0.3 is 14.6 Å². The van der Waals surface area contributed by atoms with Gasteiger partial charge in [-0.25, -0.2) is 0 Å². The van der Waals surface area contributed by atoms with Crippen molar-refractivity contribution in [2.75, 3.05) is 19.6 Å². The lowest BCUT2D eigenvalue weighted by Crippen LogP contribution is -2.42. The Balaban J connectivity index is 0.00000192. The zero-order valence-corrected chi connectivity index (χ0v) is 14.6. The molecule has 0 radical (unpaired) electrons. The molecule has 1 aliphatic carbocycles. The lowest BCUT2D eigenvalue weighted by Gasteiger charge is -2.27. The van der Waals surface area contributed by atoms with Gasteiger partial charge in [0.1, 0.15) is 5.76 Å². The maximum Gasteiger partial charge on any atom is 0.290 e. The number of nitrogens with zero attached hydrogens (tertiary/aromatic N) is 1. The van der Waals surface area contributed by atoms with E-state index in [1.54, 1.807) is 0 Å². The summed E-state index contributed by atoms with van der Waals surface area (Å²) in [7, 11) is 0. The minimum atomic E-state index is -0.0600. The van der Waals surface area contributed by atoms with Gasteiger partial charge in [0, 0.05) is 37.5 Å². The lowest BCUT2D eigenvalue weighted by atomic mass is 9.94. The summed E-state index contributed by atoms with van der Waals surface area (Å²) in [6, 6.07) is 0.227. The number of ketones is 1. The molecule has 1 saturated heterocycles. The van der Waals surface area contributed by atoms with Crippen LogP contribution in [0.15, 0.2) is 4.42 Å². The first-order valence-corrected chi connectivity index (χ1v) is 8.30. The maximum atomic E-state index is 13.0. The molecule has 0 saturated carbocycles. The Kier molecular flexibility index (Phi) is 5.87. The Hall–Kier alpha value is -1.33. The van der Waals surface area contributed by atoms with E-state index in [2.05, 4.69) is 12.2 Å². The van der Waals surface area contributed by atoms with E-state index in [1.165, 1.54) is 0 Å². The van der Waals surface area contributed by atoms with Crippen molar-refractivity contribution in [2.45, 2.75) is 52.0 Å². The molecule has 1 amide bonds. The zero-order valence-electron chi connectivity index (χ0n) is 13.8. The molecule has 0 bridgehead atoms. The second-order valence-corrected chi connectivity index (χ2v) is 6.28. The van der Waals surface area contributed by atoms with Crippen LogP contribution < -0.4 is 5.32 Å². The highest BCUT2D eigenvalue weighted by molar-refractivity contribution is 6.03. The number of carbonyl (C=O) groups excluding carboxylic acids is 2. The van der Waals surface area contributed by atoms with Gasteiger partial charge in [-0.2, -0.15) is 0 Å². The molecular formula is C17H25ClN2O3. The number of carbonyl (C=O) groups is 2. The first kappa shape index (κ1) is 18.0. The minimum absolute atomic E-state index is 0. The quantitative estimate of drug-likeness (QED) is 0.915. The molecule has 1 aliphatic heterocycles. The second kappa shape index (κ2) is 7.49.